The van der Waals surface area contributed by atoms with E-state index in [1.54, 1.807) is 0 Å². The van der Waals surface area contributed by atoms with Gasteiger partial charge in [-0.3, -0.25) is 0 Å². The van der Waals surface area contributed by atoms with E-state index in [1.807, 2.05) is 0 Å². The number of hydrogen-bond acceptors (Lipinski definition) is 2. The van der Waals surface area contributed by atoms with Crippen LogP contribution in [0, 0.1) is 0 Å². The maximum absolute atomic E-state index is 3.34. The van der Waals surface area contributed by atoms with Gasteiger partial charge in [-0.05, 0) is 12.1 Å². The Morgan fingerprint density at radius 1 is 1.08 bits per heavy atom. The van der Waals surface area contributed by atoms with Crippen molar-refractivity contribution >= 4 is 5.69 Å². The number of rotatable bonds is 1. The number of hydrogen-bond donors (Lipinski definition) is 1. The smallest absolute Gasteiger partial charge is 1.00 e. The molecule has 0 aliphatic carbocycles. The van der Waals surface area contributed by atoms with E-state index < -0.39 is 0 Å². The molecule has 3 heteroatoms. The molecule has 0 atom stereocenters. The van der Waals surface area contributed by atoms with Crippen molar-refractivity contribution in [3.05, 3.63) is 30.3 Å². The van der Waals surface area contributed by atoms with Crippen LogP contribution in [0.4, 0.5) is 5.69 Å². The van der Waals surface area contributed by atoms with Crippen LogP contribution < -0.4 is 39.8 Å². The first-order valence-corrected chi connectivity index (χ1v) is 4.47. The quantitative estimate of drug-likeness (QED) is 0.521. The van der Waals surface area contributed by atoms with Crippen LogP contribution >= 0.6 is 0 Å². The summed E-state index contributed by atoms with van der Waals surface area (Å²) in [5.41, 5.74) is 1.35. The zero-order valence-electron chi connectivity index (χ0n) is 9.16. The minimum atomic E-state index is 0. The molecule has 13 heavy (non-hydrogen) atoms. The maximum atomic E-state index is 3.34. The van der Waals surface area contributed by atoms with Crippen LogP contribution in [0.15, 0.2) is 30.3 Å². The SMILES string of the molecule is [H-].[Na+].c1ccc(N2CCNCC2)cc1. The summed E-state index contributed by atoms with van der Waals surface area (Å²) >= 11 is 0. The minimum absolute atomic E-state index is 0. The summed E-state index contributed by atoms with van der Waals surface area (Å²) in [6.45, 7) is 4.47. The number of nitrogens with zero attached hydrogens (tertiary/aromatic N) is 1. The molecule has 0 spiro atoms. The molecule has 1 fully saturated rings. The molecule has 1 aliphatic rings. The third kappa shape index (κ3) is 2.99. The Morgan fingerprint density at radius 3 is 2.31 bits per heavy atom. The minimum Gasteiger partial charge on any atom is -1.00 e. The van der Waals surface area contributed by atoms with Gasteiger partial charge in [0, 0.05) is 31.9 Å². The summed E-state index contributed by atoms with van der Waals surface area (Å²) in [7, 11) is 0. The molecule has 2 rings (SSSR count). The Hall–Kier alpha value is -0.0200. The van der Waals surface area contributed by atoms with Crippen LogP contribution in [0.5, 0.6) is 0 Å². The van der Waals surface area contributed by atoms with Gasteiger partial charge < -0.3 is 11.6 Å². The van der Waals surface area contributed by atoms with E-state index >= 15 is 0 Å². The topological polar surface area (TPSA) is 15.3 Å². The summed E-state index contributed by atoms with van der Waals surface area (Å²) in [6, 6.07) is 10.6. The molecule has 0 unspecified atom stereocenters. The van der Waals surface area contributed by atoms with E-state index in [1.165, 1.54) is 5.69 Å². The van der Waals surface area contributed by atoms with E-state index in [-0.39, 0.29) is 31.0 Å². The third-order valence-electron chi connectivity index (χ3n) is 2.24. The zero-order chi connectivity index (χ0) is 8.23. The predicted octanol–water partition coefficient (Wildman–Crippen LogP) is -1.79. The molecule has 0 saturated carbocycles. The van der Waals surface area contributed by atoms with Crippen molar-refractivity contribution in [3.8, 4) is 0 Å². The van der Waals surface area contributed by atoms with Crippen molar-refractivity contribution in [1.29, 1.82) is 0 Å². The first-order valence-electron chi connectivity index (χ1n) is 4.47. The van der Waals surface area contributed by atoms with Gasteiger partial charge in [-0.15, -0.1) is 0 Å². The summed E-state index contributed by atoms with van der Waals surface area (Å²) in [5, 5.41) is 3.34. The predicted molar refractivity (Wildman–Crippen MR) is 52.6 cm³/mol. The monoisotopic (exact) mass is 186 g/mol. The fraction of sp³-hybridized carbons (Fsp3) is 0.400. The van der Waals surface area contributed by atoms with Crippen LogP contribution in [0.2, 0.25) is 0 Å². The van der Waals surface area contributed by atoms with Crippen LogP contribution in [0.25, 0.3) is 0 Å². The van der Waals surface area contributed by atoms with Gasteiger partial charge in [0.05, 0.1) is 0 Å². The molecule has 1 N–H and O–H groups in total. The summed E-state index contributed by atoms with van der Waals surface area (Å²) in [4.78, 5) is 2.41. The van der Waals surface area contributed by atoms with Gasteiger partial charge >= 0.3 is 29.6 Å². The summed E-state index contributed by atoms with van der Waals surface area (Å²) < 4.78 is 0. The molecule has 1 aromatic carbocycles. The average molecular weight is 186 g/mol. The average Bonchev–Trinajstić information content (AvgIpc) is 2.21. The summed E-state index contributed by atoms with van der Waals surface area (Å²) in [6.07, 6.45) is 0. The van der Waals surface area contributed by atoms with E-state index in [0.29, 0.717) is 0 Å². The molecular weight excluding hydrogens is 171 g/mol. The van der Waals surface area contributed by atoms with Crippen molar-refractivity contribution in [2.75, 3.05) is 31.1 Å². The summed E-state index contributed by atoms with van der Waals surface area (Å²) in [5.74, 6) is 0. The molecule has 0 radical (unpaired) electrons. The molecule has 1 aromatic rings. The number of para-hydroxylation sites is 1. The molecule has 2 nitrogen and oxygen atoms in total. The fourth-order valence-corrected chi connectivity index (χ4v) is 1.56. The number of benzene rings is 1. The first-order chi connectivity index (χ1) is 5.97. The van der Waals surface area contributed by atoms with Crippen molar-refractivity contribution in [3.63, 3.8) is 0 Å². The second-order valence-electron chi connectivity index (χ2n) is 3.07. The molecule has 0 amide bonds. The Kier molecular flexibility index (Phi) is 4.81. The largest absolute Gasteiger partial charge is 1.00 e. The van der Waals surface area contributed by atoms with Crippen LogP contribution in [-0.4, -0.2) is 26.2 Å². The van der Waals surface area contributed by atoms with E-state index in [4.69, 9.17) is 0 Å². The van der Waals surface area contributed by atoms with Crippen molar-refractivity contribution < 1.29 is 31.0 Å². The molecule has 0 aromatic heterocycles. The molecule has 1 aliphatic heterocycles. The zero-order valence-corrected chi connectivity index (χ0v) is 10.2. The second-order valence-corrected chi connectivity index (χ2v) is 3.07. The van der Waals surface area contributed by atoms with Gasteiger partial charge in [0.1, 0.15) is 0 Å². The Labute approximate surface area is 103 Å². The first kappa shape index (κ1) is 11.1. The number of nitrogens with one attached hydrogen (secondary N) is 1. The molecule has 0 bridgehead atoms. The molecule has 1 saturated heterocycles. The van der Waals surface area contributed by atoms with Gasteiger partial charge in [0.25, 0.3) is 0 Å². The number of piperazine rings is 1. The van der Waals surface area contributed by atoms with Crippen LogP contribution in [0.3, 0.4) is 0 Å². The van der Waals surface area contributed by atoms with Gasteiger partial charge in [-0.25, -0.2) is 0 Å². The van der Waals surface area contributed by atoms with Gasteiger partial charge in [0.2, 0.25) is 0 Å². The van der Waals surface area contributed by atoms with Crippen molar-refractivity contribution in [1.82, 2.24) is 5.32 Å². The standard InChI is InChI=1S/C10H14N2.Na.H/c1-2-4-10(5-3-1)12-8-6-11-7-9-12;;/h1-5,11H,6-9H2;;/q;+1;-1. The fourth-order valence-electron chi connectivity index (χ4n) is 1.56. The van der Waals surface area contributed by atoms with Crippen molar-refractivity contribution in [2.24, 2.45) is 0 Å². The van der Waals surface area contributed by atoms with Crippen molar-refractivity contribution in [2.45, 2.75) is 0 Å². The Bertz CT molecular complexity index is 237. The number of anilines is 1. The molecule has 1 heterocycles. The van der Waals surface area contributed by atoms with Crippen LogP contribution in [0.1, 0.15) is 1.43 Å². The van der Waals surface area contributed by atoms with Crippen LogP contribution in [-0.2, 0) is 0 Å². The Morgan fingerprint density at radius 2 is 1.69 bits per heavy atom. The molecule has 66 valence electrons. The maximum Gasteiger partial charge on any atom is 1.00 e. The van der Waals surface area contributed by atoms with E-state index in [9.17, 15) is 0 Å². The second kappa shape index (κ2) is 5.66. The normalized spacial score (nSPS) is 16.5. The Balaban J connectivity index is 0.000000845. The van der Waals surface area contributed by atoms with Gasteiger partial charge in [0.15, 0.2) is 0 Å². The van der Waals surface area contributed by atoms with E-state index in [0.717, 1.165) is 26.2 Å². The van der Waals surface area contributed by atoms with Gasteiger partial charge in [-0.2, -0.15) is 0 Å². The van der Waals surface area contributed by atoms with E-state index in [2.05, 4.69) is 40.5 Å². The molecular formula is C10H15N2Na. The van der Waals surface area contributed by atoms with Gasteiger partial charge in [-0.1, -0.05) is 18.2 Å². The third-order valence-corrected chi connectivity index (χ3v) is 2.24.